The van der Waals surface area contributed by atoms with Crippen molar-refractivity contribution >= 4 is 40.6 Å². The first kappa shape index (κ1) is 25.8. The van der Waals surface area contributed by atoms with E-state index in [1.54, 1.807) is 0 Å². The van der Waals surface area contributed by atoms with Crippen LogP contribution in [0.4, 0.5) is 20.2 Å². The molecule has 184 valence electrons. The number of nitrogens with one attached hydrogen (secondary N) is 1. The van der Waals surface area contributed by atoms with Crippen LogP contribution < -0.4 is 21.7 Å². The zero-order chi connectivity index (χ0) is 25.7. The number of para-hydroxylation sites is 1. The van der Waals surface area contributed by atoms with Gasteiger partial charge in [-0.15, -0.1) is 0 Å². The molecule has 0 aliphatic heterocycles. The minimum atomic E-state index is -1.38. The third-order valence-electron chi connectivity index (χ3n) is 5.20. The SMILES string of the molecule is CC(C)CCNC(=O)C(c1ccc(F)cc1)N(C(=O)c1snc(C(N)=O)c1N)c1ccccc1F. The number of carbonyl (C=O) groups excluding carboxylic acids is 3. The summed E-state index contributed by atoms with van der Waals surface area (Å²) in [7, 11) is 0. The standard InChI is InChI=1S/C24H25F2N5O3S/c1-13(2)11-12-29-23(33)20(14-7-9-15(25)10-8-14)31(17-6-4-3-5-16(17)26)24(34)21-18(27)19(22(28)32)30-35-21/h3-10,13,20H,11-12,27H2,1-2H3,(H2,28,32)(H,29,33). The summed E-state index contributed by atoms with van der Waals surface area (Å²) in [6.45, 7) is 4.28. The Hall–Kier alpha value is -3.86. The molecule has 0 bridgehead atoms. The Labute approximate surface area is 205 Å². The van der Waals surface area contributed by atoms with Gasteiger partial charge in [0.15, 0.2) is 5.69 Å². The molecule has 0 saturated heterocycles. The van der Waals surface area contributed by atoms with Gasteiger partial charge >= 0.3 is 0 Å². The van der Waals surface area contributed by atoms with Crippen LogP contribution in [0.3, 0.4) is 0 Å². The molecule has 3 aromatic rings. The first-order chi connectivity index (χ1) is 16.6. The minimum absolute atomic E-state index is 0.191. The summed E-state index contributed by atoms with van der Waals surface area (Å²) in [5.41, 5.74) is 10.7. The molecule has 0 spiro atoms. The van der Waals surface area contributed by atoms with Crippen LogP contribution in [-0.2, 0) is 4.79 Å². The summed E-state index contributed by atoms with van der Waals surface area (Å²) in [4.78, 5) is 39.6. The molecule has 35 heavy (non-hydrogen) atoms. The molecule has 8 nitrogen and oxygen atoms in total. The summed E-state index contributed by atoms with van der Waals surface area (Å²) < 4.78 is 32.5. The molecular formula is C24H25F2N5O3S. The number of amides is 3. The number of nitrogen functional groups attached to an aromatic ring is 1. The van der Waals surface area contributed by atoms with Crippen molar-refractivity contribution < 1.29 is 23.2 Å². The van der Waals surface area contributed by atoms with Gasteiger partial charge in [0.25, 0.3) is 11.8 Å². The number of hydrogen-bond donors (Lipinski definition) is 3. The highest BCUT2D eigenvalue weighted by Gasteiger charge is 2.37. The highest BCUT2D eigenvalue weighted by atomic mass is 32.1. The van der Waals surface area contributed by atoms with Gasteiger partial charge < -0.3 is 16.8 Å². The number of carbonyl (C=O) groups is 3. The van der Waals surface area contributed by atoms with Crippen molar-refractivity contribution in [2.75, 3.05) is 17.2 Å². The molecule has 0 aliphatic rings. The quantitative estimate of drug-likeness (QED) is 0.412. The lowest BCUT2D eigenvalue weighted by molar-refractivity contribution is -0.122. The average molecular weight is 502 g/mol. The Balaban J connectivity index is 2.17. The highest BCUT2D eigenvalue weighted by molar-refractivity contribution is 7.09. The molecule has 1 atom stereocenters. The summed E-state index contributed by atoms with van der Waals surface area (Å²) in [6.07, 6.45) is 0.666. The van der Waals surface area contributed by atoms with E-state index in [1.807, 2.05) is 13.8 Å². The number of nitrogens with zero attached hydrogens (tertiary/aromatic N) is 2. The molecule has 3 rings (SSSR count). The van der Waals surface area contributed by atoms with Crippen LogP contribution in [0.1, 0.15) is 52.0 Å². The lowest BCUT2D eigenvalue weighted by Gasteiger charge is -2.31. The lowest BCUT2D eigenvalue weighted by atomic mass is 10.0. The van der Waals surface area contributed by atoms with Gasteiger partial charge in [-0.05, 0) is 53.7 Å². The Kier molecular flexibility index (Phi) is 8.13. The molecule has 1 aromatic heterocycles. The van der Waals surface area contributed by atoms with Gasteiger partial charge in [-0.3, -0.25) is 19.3 Å². The molecule has 0 aliphatic carbocycles. The van der Waals surface area contributed by atoms with Crippen LogP contribution >= 0.6 is 11.5 Å². The van der Waals surface area contributed by atoms with E-state index in [0.717, 1.165) is 23.1 Å². The zero-order valence-electron chi connectivity index (χ0n) is 19.1. The first-order valence-corrected chi connectivity index (χ1v) is 11.5. The number of rotatable bonds is 9. The maximum absolute atomic E-state index is 15.0. The highest BCUT2D eigenvalue weighted by Crippen LogP contribution is 2.34. The second-order valence-electron chi connectivity index (χ2n) is 8.19. The van der Waals surface area contributed by atoms with Gasteiger partial charge in [0, 0.05) is 6.54 Å². The molecule has 0 radical (unpaired) electrons. The van der Waals surface area contributed by atoms with E-state index >= 15 is 4.39 Å². The van der Waals surface area contributed by atoms with Crippen LogP contribution in [0.2, 0.25) is 0 Å². The molecular weight excluding hydrogens is 476 g/mol. The smallest absolute Gasteiger partial charge is 0.273 e. The van der Waals surface area contributed by atoms with Crippen molar-refractivity contribution in [3.63, 3.8) is 0 Å². The van der Waals surface area contributed by atoms with Gasteiger partial charge in [0.1, 0.15) is 22.6 Å². The van der Waals surface area contributed by atoms with E-state index in [4.69, 9.17) is 11.5 Å². The fourth-order valence-electron chi connectivity index (χ4n) is 3.39. The average Bonchev–Trinajstić information content (AvgIpc) is 3.20. The van der Waals surface area contributed by atoms with Crippen LogP contribution in [0.15, 0.2) is 48.5 Å². The topological polar surface area (TPSA) is 131 Å². The Morgan fingerprint density at radius 2 is 1.74 bits per heavy atom. The Morgan fingerprint density at radius 3 is 2.31 bits per heavy atom. The van der Waals surface area contributed by atoms with Crippen LogP contribution in [0.25, 0.3) is 0 Å². The predicted molar refractivity (Wildman–Crippen MR) is 130 cm³/mol. The molecule has 1 unspecified atom stereocenters. The number of hydrogen-bond acceptors (Lipinski definition) is 6. The molecule has 0 fully saturated rings. The van der Waals surface area contributed by atoms with Gasteiger partial charge in [-0.2, -0.15) is 4.37 Å². The molecule has 0 saturated carbocycles. The Bertz CT molecular complexity index is 1230. The van der Waals surface area contributed by atoms with E-state index in [2.05, 4.69) is 9.69 Å². The molecule has 1 heterocycles. The van der Waals surface area contributed by atoms with Crippen molar-refractivity contribution in [1.82, 2.24) is 9.69 Å². The van der Waals surface area contributed by atoms with Crippen LogP contribution in [0, 0.1) is 17.6 Å². The maximum atomic E-state index is 15.0. The van der Waals surface area contributed by atoms with Crippen molar-refractivity contribution in [3.05, 3.63) is 76.3 Å². The minimum Gasteiger partial charge on any atom is -0.395 e. The number of benzene rings is 2. The molecule has 2 aromatic carbocycles. The molecule has 5 N–H and O–H groups in total. The second kappa shape index (κ2) is 11.0. The van der Waals surface area contributed by atoms with Gasteiger partial charge in [-0.25, -0.2) is 8.78 Å². The van der Waals surface area contributed by atoms with E-state index in [1.165, 1.54) is 30.3 Å². The molecule has 11 heteroatoms. The summed E-state index contributed by atoms with van der Waals surface area (Å²) in [5, 5.41) is 2.77. The van der Waals surface area contributed by atoms with E-state index < -0.39 is 35.4 Å². The first-order valence-electron chi connectivity index (χ1n) is 10.8. The number of nitrogens with two attached hydrogens (primary N) is 2. The Morgan fingerprint density at radius 1 is 1.09 bits per heavy atom. The monoisotopic (exact) mass is 501 g/mol. The number of aromatic nitrogens is 1. The molecule has 3 amide bonds. The van der Waals surface area contributed by atoms with Gasteiger partial charge in [-0.1, -0.05) is 38.1 Å². The third kappa shape index (κ3) is 5.80. The predicted octanol–water partition coefficient (Wildman–Crippen LogP) is 3.65. The van der Waals surface area contributed by atoms with Crippen molar-refractivity contribution in [2.24, 2.45) is 11.7 Å². The van der Waals surface area contributed by atoms with Crippen molar-refractivity contribution in [1.29, 1.82) is 0 Å². The van der Waals surface area contributed by atoms with E-state index in [-0.39, 0.29) is 27.5 Å². The number of primary amides is 1. The van der Waals surface area contributed by atoms with Crippen LogP contribution in [-0.4, -0.2) is 28.6 Å². The maximum Gasteiger partial charge on any atom is 0.273 e. The van der Waals surface area contributed by atoms with E-state index in [9.17, 15) is 18.8 Å². The van der Waals surface area contributed by atoms with E-state index in [0.29, 0.717) is 30.4 Å². The summed E-state index contributed by atoms with van der Waals surface area (Å²) in [6, 6.07) is 8.98. The van der Waals surface area contributed by atoms with Crippen LogP contribution in [0.5, 0.6) is 0 Å². The number of anilines is 2. The number of halogens is 2. The summed E-state index contributed by atoms with van der Waals surface area (Å²) >= 11 is 0.609. The van der Waals surface area contributed by atoms with Crippen molar-refractivity contribution in [3.8, 4) is 0 Å². The third-order valence-corrected chi connectivity index (χ3v) is 6.05. The van der Waals surface area contributed by atoms with Crippen molar-refractivity contribution in [2.45, 2.75) is 26.3 Å². The normalized spacial score (nSPS) is 11.8. The largest absolute Gasteiger partial charge is 0.395 e. The van der Waals surface area contributed by atoms with Gasteiger partial charge in [0.05, 0.1) is 11.4 Å². The fraction of sp³-hybridized carbons (Fsp3) is 0.250. The fourth-order valence-corrected chi connectivity index (χ4v) is 4.14. The lowest BCUT2D eigenvalue weighted by Crippen LogP contribution is -2.44. The summed E-state index contributed by atoms with van der Waals surface area (Å²) in [5.74, 6) is -3.43. The zero-order valence-corrected chi connectivity index (χ0v) is 19.9. The second-order valence-corrected chi connectivity index (χ2v) is 8.97. The van der Waals surface area contributed by atoms with Gasteiger partial charge in [0.2, 0.25) is 5.91 Å².